The fraction of sp³-hybridized carbons (Fsp3) is 0.333. The van der Waals surface area contributed by atoms with Crippen molar-refractivity contribution in [3.8, 4) is 0 Å². The maximum Gasteiger partial charge on any atom is 0.261 e. The molecule has 1 heterocycles. The summed E-state index contributed by atoms with van der Waals surface area (Å²) in [6.45, 7) is 17.3. The summed E-state index contributed by atoms with van der Waals surface area (Å²) in [4.78, 5) is 25.6. The zero-order chi connectivity index (χ0) is 14.0. The molecule has 1 aliphatic heterocycles. The SMILES string of the molecule is C=CC1=C(C(=C)C)C(=C)C(=O)N(CC(C)C)C1=O. The summed E-state index contributed by atoms with van der Waals surface area (Å²) >= 11 is 0. The second-order valence-corrected chi connectivity index (χ2v) is 4.87. The average Bonchev–Trinajstić information content (AvgIpc) is 2.28. The van der Waals surface area contributed by atoms with Crippen LogP contribution in [0.4, 0.5) is 0 Å². The van der Waals surface area contributed by atoms with Crippen LogP contribution in [0, 0.1) is 5.92 Å². The highest BCUT2D eigenvalue weighted by Gasteiger charge is 2.34. The number of carbonyl (C=O) groups excluding carboxylic acids is 2. The van der Waals surface area contributed by atoms with E-state index in [2.05, 4.69) is 19.7 Å². The maximum absolute atomic E-state index is 12.3. The topological polar surface area (TPSA) is 37.4 Å². The molecule has 3 nitrogen and oxygen atoms in total. The smallest absolute Gasteiger partial charge is 0.261 e. The van der Waals surface area contributed by atoms with Crippen LogP contribution < -0.4 is 0 Å². The number of rotatable bonds is 4. The first-order valence-electron chi connectivity index (χ1n) is 5.89. The van der Waals surface area contributed by atoms with E-state index in [9.17, 15) is 9.59 Å². The van der Waals surface area contributed by atoms with Crippen molar-refractivity contribution < 1.29 is 9.59 Å². The molecule has 0 saturated heterocycles. The Morgan fingerprint density at radius 3 is 2.28 bits per heavy atom. The summed E-state index contributed by atoms with van der Waals surface area (Å²) in [5, 5.41) is 0. The first-order valence-corrected chi connectivity index (χ1v) is 5.89. The lowest BCUT2D eigenvalue weighted by molar-refractivity contribution is -0.141. The average molecular weight is 245 g/mol. The fourth-order valence-corrected chi connectivity index (χ4v) is 1.98. The van der Waals surface area contributed by atoms with Gasteiger partial charge in [0.15, 0.2) is 0 Å². The van der Waals surface area contributed by atoms with Crippen molar-refractivity contribution in [3.05, 3.63) is 48.1 Å². The van der Waals surface area contributed by atoms with Crippen LogP contribution in [0.1, 0.15) is 20.8 Å². The number of allylic oxidation sites excluding steroid dienone is 1. The summed E-state index contributed by atoms with van der Waals surface area (Å²) in [5.41, 5.74) is 1.91. The Balaban J connectivity index is 3.35. The van der Waals surface area contributed by atoms with Crippen molar-refractivity contribution in [2.75, 3.05) is 6.54 Å². The highest BCUT2D eigenvalue weighted by Crippen LogP contribution is 2.29. The summed E-state index contributed by atoms with van der Waals surface area (Å²) in [6, 6.07) is 0. The largest absolute Gasteiger partial charge is 0.274 e. The molecular weight excluding hydrogens is 226 g/mol. The highest BCUT2D eigenvalue weighted by atomic mass is 16.2. The predicted molar refractivity (Wildman–Crippen MR) is 72.7 cm³/mol. The molecule has 1 aliphatic rings. The highest BCUT2D eigenvalue weighted by molar-refractivity contribution is 6.18. The Labute approximate surface area is 108 Å². The third-order valence-corrected chi connectivity index (χ3v) is 2.73. The lowest BCUT2D eigenvalue weighted by Crippen LogP contribution is -2.44. The molecule has 96 valence electrons. The second-order valence-electron chi connectivity index (χ2n) is 4.87. The van der Waals surface area contributed by atoms with Crippen molar-refractivity contribution in [3.63, 3.8) is 0 Å². The monoisotopic (exact) mass is 245 g/mol. The minimum atomic E-state index is -0.336. The third kappa shape index (κ3) is 2.35. The summed E-state index contributed by atoms with van der Waals surface area (Å²) in [5.74, 6) is -0.436. The standard InChI is InChI=1S/C15H19NO2/c1-7-12-13(10(4)5)11(6)14(17)16(15(12)18)8-9(2)3/h7,9H,1,4,6,8H2,2-3,5H3. The Hall–Kier alpha value is -1.90. The molecule has 2 amide bonds. The van der Waals surface area contributed by atoms with Gasteiger partial charge in [0.25, 0.3) is 11.8 Å². The predicted octanol–water partition coefficient (Wildman–Crippen LogP) is 2.63. The quantitative estimate of drug-likeness (QED) is 0.564. The Kier molecular flexibility index (Phi) is 4.07. The summed E-state index contributed by atoms with van der Waals surface area (Å²) in [6.07, 6.45) is 1.47. The van der Waals surface area contributed by atoms with E-state index in [1.807, 2.05) is 13.8 Å². The molecule has 1 rings (SSSR count). The molecule has 0 aromatic heterocycles. The van der Waals surface area contributed by atoms with Crippen LogP contribution in [0.2, 0.25) is 0 Å². The Bertz CT molecular complexity index is 481. The van der Waals surface area contributed by atoms with E-state index < -0.39 is 0 Å². The van der Waals surface area contributed by atoms with Crippen LogP contribution >= 0.6 is 0 Å². The van der Waals surface area contributed by atoms with Gasteiger partial charge in [-0.05, 0) is 18.4 Å². The van der Waals surface area contributed by atoms with Gasteiger partial charge >= 0.3 is 0 Å². The summed E-state index contributed by atoms with van der Waals surface area (Å²) < 4.78 is 0. The molecule has 0 aromatic rings. The molecule has 0 atom stereocenters. The molecule has 0 N–H and O–H groups in total. The van der Waals surface area contributed by atoms with Gasteiger partial charge in [0.1, 0.15) is 0 Å². The van der Waals surface area contributed by atoms with Crippen LogP contribution in [0.5, 0.6) is 0 Å². The number of carbonyl (C=O) groups is 2. The van der Waals surface area contributed by atoms with Crippen molar-refractivity contribution in [1.29, 1.82) is 0 Å². The van der Waals surface area contributed by atoms with Gasteiger partial charge in [0, 0.05) is 23.3 Å². The molecule has 3 heteroatoms. The number of imide groups is 1. The minimum absolute atomic E-state index is 0.211. The van der Waals surface area contributed by atoms with Crippen LogP contribution in [0.25, 0.3) is 0 Å². The first-order chi connectivity index (χ1) is 8.31. The fourth-order valence-electron chi connectivity index (χ4n) is 1.98. The normalized spacial score (nSPS) is 16.7. The van der Waals surface area contributed by atoms with Crippen molar-refractivity contribution in [2.24, 2.45) is 5.92 Å². The van der Waals surface area contributed by atoms with E-state index >= 15 is 0 Å². The second kappa shape index (κ2) is 5.17. The van der Waals surface area contributed by atoms with Gasteiger partial charge < -0.3 is 0 Å². The van der Waals surface area contributed by atoms with E-state index in [0.29, 0.717) is 28.8 Å². The number of nitrogens with zero attached hydrogens (tertiary/aromatic N) is 1. The van der Waals surface area contributed by atoms with Gasteiger partial charge in [-0.3, -0.25) is 14.5 Å². The van der Waals surface area contributed by atoms with Gasteiger partial charge in [0.2, 0.25) is 0 Å². The number of hydrogen-bond acceptors (Lipinski definition) is 2. The summed E-state index contributed by atoms with van der Waals surface area (Å²) in [7, 11) is 0. The van der Waals surface area contributed by atoms with Crippen molar-refractivity contribution >= 4 is 11.8 Å². The van der Waals surface area contributed by atoms with Gasteiger partial charge in [-0.2, -0.15) is 0 Å². The van der Waals surface area contributed by atoms with E-state index in [-0.39, 0.29) is 17.7 Å². The maximum atomic E-state index is 12.3. The van der Waals surface area contributed by atoms with Gasteiger partial charge in [-0.15, -0.1) is 0 Å². The van der Waals surface area contributed by atoms with Crippen LogP contribution in [0.3, 0.4) is 0 Å². The lowest BCUT2D eigenvalue weighted by Gasteiger charge is -2.30. The molecule has 18 heavy (non-hydrogen) atoms. The Morgan fingerprint density at radius 1 is 1.33 bits per heavy atom. The molecule has 0 bridgehead atoms. The molecule has 0 saturated carbocycles. The lowest BCUT2D eigenvalue weighted by atomic mass is 9.90. The number of hydrogen-bond donors (Lipinski definition) is 0. The Morgan fingerprint density at radius 2 is 1.89 bits per heavy atom. The van der Waals surface area contributed by atoms with Gasteiger partial charge in [0.05, 0.1) is 0 Å². The van der Waals surface area contributed by atoms with Crippen molar-refractivity contribution in [1.82, 2.24) is 4.90 Å². The first kappa shape index (κ1) is 14.2. The van der Waals surface area contributed by atoms with Gasteiger partial charge in [-0.1, -0.05) is 39.7 Å². The van der Waals surface area contributed by atoms with E-state index in [4.69, 9.17) is 0 Å². The zero-order valence-electron chi connectivity index (χ0n) is 11.2. The van der Waals surface area contributed by atoms with Crippen molar-refractivity contribution in [2.45, 2.75) is 20.8 Å². The molecule has 0 spiro atoms. The number of amides is 2. The van der Waals surface area contributed by atoms with E-state index in [0.717, 1.165) is 0 Å². The van der Waals surface area contributed by atoms with E-state index in [1.54, 1.807) is 6.92 Å². The zero-order valence-corrected chi connectivity index (χ0v) is 11.2. The van der Waals surface area contributed by atoms with Crippen LogP contribution in [-0.2, 0) is 9.59 Å². The molecule has 0 aromatic carbocycles. The van der Waals surface area contributed by atoms with Crippen LogP contribution in [-0.4, -0.2) is 23.3 Å². The molecule has 0 aliphatic carbocycles. The molecule has 0 fully saturated rings. The van der Waals surface area contributed by atoms with Gasteiger partial charge in [-0.25, -0.2) is 0 Å². The third-order valence-electron chi connectivity index (χ3n) is 2.73. The molecule has 0 unspecified atom stereocenters. The minimum Gasteiger partial charge on any atom is -0.274 e. The molecular formula is C15H19NO2. The van der Waals surface area contributed by atoms with E-state index in [1.165, 1.54) is 11.0 Å². The molecule has 0 radical (unpaired) electrons. The van der Waals surface area contributed by atoms with Crippen LogP contribution in [0.15, 0.2) is 48.1 Å².